The van der Waals surface area contributed by atoms with Gasteiger partial charge in [-0.2, -0.15) is 0 Å². The predicted molar refractivity (Wildman–Crippen MR) is 270 cm³/mol. The van der Waals surface area contributed by atoms with Crippen LogP contribution in [-0.2, 0) is 27.5 Å². The van der Waals surface area contributed by atoms with Gasteiger partial charge >= 0.3 is 6.09 Å². The predicted octanol–water partition coefficient (Wildman–Crippen LogP) is 12.4. The number of carbonyl (C=O) groups excluding carboxylic acids is 1. The molecule has 0 radical (unpaired) electrons. The van der Waals surface area contributed by atoms with E-state index < -0.39 is 23.8 Å². The largest absolute Gasteiger partial charge is 0.459 e. The van der Waals surface area contributed by atoms with Crippen LogP contribution >= 0.6 is 11.8 Å². The monoisotopic (exact) mass is 936 g/mol. The number of aliphatic hydroxyl groups excluding tert-OH is 2. The Bertz CT molecular complexity index is 2540. The second kappa shape index (κ2) is 23.4. The summed E-state index contributed by atoms with van der Waals surface area (Å²) in [7, 11) is 0. The van der Waals surface area contributed by atoms with Crippen LogP contribution in [0.4, 0.5) is 4.79 Å². The topological polar surface area (TPSA) is 119 Å². The van der Waals surface area contributed by atoms with Crippen LogP contribution in [0.25, 0.3) is 10.8 Å². The zero-order chi connectivity index (χ0) is 47.3. The number of allylic oxidation sites excluding steroid dienone is 1. The fourth-order valence-corrected chi connectivity index (χ4v) is 10.9. The van der Waals surface area contributed by atoms with Crippen molar-refractivity contribution in [1.29, 1.82) is 0 Å². The van der Waals surface area contributed by atoms with E-state index in [2.05, 4.69) is 68.0 Å². The summed E-state index contributed by atoms with van der Waals surface area (Å²) in [6.45, 7) is 8.90. The van der Waals surface area contributed by atoms with Gasteiger partial charge in [0, 0.05) is 36.0 Å². The molecule has 6 atom stereocenters. The molecule has 0 unspecified atom stereocenters. The molecule has 0 bridgehead atoms. The SMILES string of the molecule is C=CCCOC(=O)N(Cc1cccc2ccccc12)[C@H]1CC(=NOCc2ccccc2)C2=C[C@H](CCCCO)[C@@H](CCCCO)[C@@H]3c4cc(Oc5ccc(SC)cc5)ccc4O[C@@]1(OCC=C)[C@H]23. The number of unbranched alkanes of at least 4 members (excludes halogenated alkanes) is 2. The van der Waals surface area contributed by atoms with Crippen LogP contribution in [0.2, 0.25) is 0 Å². The van der Waals surface area contributed by atoms with Gasteiger partial charge in [0.1, 0.15) is 29.9 Å². The van der Waals surface area contributed by atoms with Gasteiger partial charge in [-0.3, -0.25) is 4.90 Å². The van der Waals surface area contributed by atoms with E-state index in [1.807, 2.05) is 72.8 Å². The summed E-state index contributed by atoms with van der Waals surface area (Å²) >= 11 is 1.68. The minimum Gasteiger partial charge on any atom is -0.459 e. The fraction of sp³-hybridized carbons (Fsp3) is 0.368. The first-order chi connectivity index (χ1) is 33.4. The standard InChI is InChI=1S/C57H64N2O8S/c1-4-6-34-63-56(62)59(38-43-22-16-21-41-19-10-11-23-47(41)43)53-37-51(58-65-39-40-17-8-7-9-18-40)49-35-42(20-12-14-31-60)48(24-13-15-32-61)54-50-36-45(66-44-25-28-46(68-3)29-26-44)27-30-52(50)67-57(53,55(49)54)64-33-5-2/h4-5,7-11,16-19,21-23,25-30,35-36,42,48,53-55,60-61H,1-2,6,12-15,20,24,31-34,37-39H2,3H3/t42-,48+,53-,54+,55+,57+/m0/s1. The van der Waals surface area contributed by atoms with E-state index in [1.165, 1.54) is 0 Å². The van der Waals surface area contributed by atoms with Crippen LogP contribution in [0.3, 0.4) is 0 Å². The van der Waals surface area contributed by atoms with Crippen molar-refractivity contribution >= 4 is 34.3 Å². The maximum absolute atomic E-state index is 15.0. The lowest BCUT2D eigenvalue weighted by Gasteiger charge is -2.59. The minimum absolute atomic E-state index is 0.0377. The molecule has 68 heavy (non-hydrogen) atoms. The zero-order valence-corrected chi connectivity index (χ0v) is 39.9. The lowest BCUT2D eigenvalue weighted by molar-refractivity contribution is -0.256. The molecule has 0 saturated heterocycles. The van der Waals surface area contributed by atoms with Crippen molar-refractivity contribution in [2.75, 3.05) is 32.7 Å². The molecule has 0 spiro atoms. The van der Waals surface area contributed by atoms with Crippen LogP contribution in [-0.4, -0.2) is 71.4 Å². The molecule has 10 nitrogen and oxygen atoms in total. The fourth-order valence-electron chi connectivity index (χ4n) is 10.5. The van der Waals surface area contributed by atoms with Crippen molar-refractivity contribution in [3.8, 4) is 17.2 Å². The minimum atomic E-state index is -1.47. The van der Waals surface area contributed by atoms with Crippen molar-refractivity contribution in [2.24, 2.45) is 22.9 Å². The Morgan fingerprint density at radius 2 is 1.63 bits per heavy atom. The summed E-state index contributed by atoms with van der Waals surface area (Å²) in [6.07, 6.45) is 12.7. The van der Waals surface area contributed by atoms with E-state index in [-0.39, 0.29) is 63.8 Å². The third-order valence-corrected chi connectivity index (χ3v) is 14.3. The number of hydrogen-bond donors (Lipinski definition) is 2. The number of rotatable bonds is 23. The number of ether oxygens (including phenoxy) is 4. The summed E-state index contributed by atoms with van der Waals surface area (Å²) in [5, 5.41) is 27.2. The van der Waals surface area contributed by atoms with Crippen molar-refractivity contribution < 1.29 is 38.8 Å². The number of aliphatic hydroxyl groups is 2. The molecular formula is C57H64N2O8S. The third kappa shape index (κ3) is 10.9. The first kappa shape index (κ1) is 48.6. The number of nitrogens with zero attached hydrogens (tertiary/aromatic N) is 2. The molecular weight excluding hydrogens is 873 g/mol. The second-order valence-electron chi connectivity index (χ2n) is 17.8. The molecule has 1 aliphatic heterocycles. The highest BCUT2D eigenvalue weighted by Gasteiger charge is 2.65. The first-order valence-corrected chi connectivity index (χ1v) is 25.2. The molecule has 8 rings (SSSR count). The summed E-state index contributed by atoms with van der Waals surface area (Å²) in [6, 6.07) is 37.6. The summed E-state index contributed by atoms with van der Waals surface area (Å²) < 4.78 is 27.5. The normalized spacial score (nSPS) is 22.0. The van der Waals surface area contributed by atoms with Crippen molar-refractivity contribution in [1.82, 2.24) is 4.90 Å². The Morgan fingerprint density at radius 1 is 0.882 bits per heavy atom. The summed E-state index contributed by atoms with van der Waals surface area (Å²) in [4.78, 5) is 24.3. The Hall–Kier alpha value is -5.85. The van der Waals surface area contributed by atoms with Gasteiger partial charge in [-0.05, 0) is 120 Å². The highest BCUT2D eigenvalue weighted by molar-refractivity contribution is 7.98. The van der Waals surface area contributed by atoms with Crippen LogP contribution in [0.15, 0.2) is 162 Å². The van der Waals surface area contributed by atoms with Crippen LogP contribution in [0.5, 0.6) is 17.2 Å². The van der Waals surface area contributed by atoms with Gasteiger partial charge in [-0.15, -0.1) is 24.9 Å². The zero-order valence-electron chi connectivity index (χ0n) is 39.0. The molecule has 356 valence electrons. The van der Waals surface area contributed by atoms with Gasteiger partial charge in [0.15, 0.2) is 0 Å². The molecule has 5 aromatic carbocycles. The summed E-state index contributed by atoms with van der Waals surface area (Å²) in [5.74, 6) is -0.0870. The van der Waals surface area contributed by atoms with Crippen LogP contribution < -0.4 is 9.47 Å². The smallest absolute Gasteiger partial charge is 0.410 e. The molecule has 3 aliphatic rings. The first-order valence-electron chi connectivity index (χ1n) is 24.0. The van der Waals surface area contributed by atoms with Gasteiger partial charge in [-0.25, -0.2) is 4.79 Å². The molecule has 2 aliphatic carbocycles. The lowest BCUT2D eigenvalue weighted by Crippen LogP contribution is -2.70. The van der Waals surface area contributed by atoms with Crippen molar-refractivity contribution in [3.05, 3.63) is 169 Å². The highest BCUT2D eigenvalue weighted by atomic mass is 32.2. The van der Waals surface area contributed by atoms with Gasteiger partial charge < -0.3 is 34.0 Å². The average Bonchev–Trinajstić information content (AvgIpc) is 3.37. The highest BCUT2D eigenvalue weighted by Crippen LogP contribution is 2.62. The maximum Gasteiger partial charge on any atom is 0.410 e. The van der Waals surface area contributed by atoms with E-state index >= 15 is 4.79 Å². The van der Waals surface area contributed by atoms with E-state index in [0.717, 1.165) is 69.4 Å². The number of benzene rings is 5. The van der Waals surface area contributed by atoms with Gasteiger partial charge in [0.05, 0.1) is 31.4 Å². The second-order valence-corrected chi connectivity index (χ2v) is 18.6. The Morgan fingerprint density at radius 3 is 2.40 bits per heavy atom. The van der Waals surface area contributed by atoms with E-state index in [1.54, 1.807) is 28.8 Å². The van der Waals surface area contributed by atoms with E-state index in [4.69, 9.17) is 28.9 Å². The molecule has 0 aromatic heterocycles. The quantitative estimate of drug-likeness (QED) is 0.0285. The number of amides is 1. The van der Waals surface area contributed by atoms with Gasteiger partial charge in [-0.1, -0.05) is 109 Å². The molecule has 2 N–H and O–H groups in total. The lowest BCUT2D eigenvalue weighted by atomic mass is 9.55. The molecule has 11 heteroatoms. The van der Waals surface area contributed by atoms with Crippen LogP contribution in [0, 0.1) is 17.8 Å². The third-order valence-electron chi connectivity index (χ3n) is 13.6. The van der Waals surface area contributed by atoms with E-state index in [0.29, 0.717) is 36.5 Å². The molecule has 1 saturated carbocycles. The number of carbonyl (C=O) groups is 1. The molecule has 1 fully saturated rings. The maximum atomic E-state index is 15.0. The number of thioether (sulfide) groups is 1. The molecule has 1 amide bonds. The van der Waals surface area contributed by atoms with Crippen molar-refractivity contribution in [2.45, 2.75) is 87.2 Å². The van der Waals surface area contributed by atoms with Crippen molar-refractivity contribution in [3.63, 3.8) is 0 Å². The number of fused-ring (bicyclic) bond motifs is 3. The Labute approximate surface area is 405 Å². The number of oxime groups is 1. The Kier molecular flexibility index (Phi) is 16.8. The Balaban J connectivity index is 1.35. The molecule has 5 aromatic rings. The van der Waals surface area contributed by atoms with Gasteiger partial charge in [0.25, 0.3) is 0 Å². The summed E-state index contributed by atoms with van der Waals surface area (Å²) in [5.41, 5.74) is 4.54. The van der Waals surface area contributed by atoms with Gasteiger partial charge in [0.2, 0.25) is 5.79 Å². The molecule has 1 heterocycles. The average molecular weight is 937 g/mol. The van der Waals surface area contributed by atoms with E-state index in [9.17, 15) is 10.2 Å². The number of hydrogen-bond acceptors (Lipinski definition) is 10. The van der Waals surface area contributed by atoms with Crippen LogP contribution in [0.1, 0.15) is 74.0 Å².